The highest BCUT2D eigenvalue weighted by atomic mass is 79.9. The van der Waals surface area contributed by atoms with Gasteiger partial charge in [0.25, 0.3) is 5.91 Å². The van der Waals surface area contributed by atoms with Crippen molar-refractivity contribution in [2.45, 2.75) is 0 Å². The third-order valence-electron chi connectivity index (χ3n) is 2.99. The third-order valence-corrected chi connectivity index (χ3v) is 3.48. The minimum absolute atomic E-state index is 0.112. The Bertz CT molecular complexity index is 784. The molecule has 21 heavy (non-hydrogen) atoms. The molecule has 5 nitrogen and oxygen atoms in total. The fourth-order valence-electron chi connectivity index (χ4n) is 1.97. The van der Waals surface area contributed by atoms with Crippen LogP contribution in [0.15, 0.2) is 57.1 Å². The van der Waals surface area contributed by atoms with Gasteiger partial charge in [0.1, 0.15) is 5.75 Å². The Kier molecular flexibility index (Phi) is 3.53. The van der Waals surface area contributed by atoms with Gasteiger partial charge in [-0.25, -0.2) is 0 Å². The lowest BCUT2D eigenvalue weighted by atomic mass is 10.1. The Morgan fingerprint density at radius 2 is 2.00 bits per heavy atom. The second kappa shape index (κ2) is 5.49. The maximum atomic E-state index is 11.9. The molecule has 0 aliphatic carbocycles. The first-order valence-electron chi connectivity index (χ1n) is 6.15. The number of fused-ring (bicyclic) bond motifs is 1. The van der Waals surface area contributed by atoms with Gasteiger partial charge in [-0.3, -0.25) is 4.79 Å². The molecule has 0 bridgehead atoms. The smallest absolute Gasteiger partial charge is 0.276 e. The normalized spacial score (nSPS) is 15.5. The molecule has 0 saturated heterocycles. The Morgan fingerprint density at radius 3 is 2.81 bits per heavy atom. The van der Waals surface area contributed by atoms with Crippen molar-refractivity contribution in [3.05, 3.63) is 58.1 Å². The molecule has 1 aliphatic heterocycles. The maximum Gasteiger partial charge on any atom is 0.276 e. The number of hydrogen-bond donors (Lipinski definition) is 2. The van der Waals surface area contributed by atoms with Crippen LogP contribution in [0, 0.1) is 0 Å². The molecular formula is C15H10BrN3O2. The van der Waals surface area contributed by atoms with E-state index in [0.29, 0.717) is 16.8 Å². The summed E-state index contributed by atoms with van der Waals surface area (Å²) in [6, 6.07) is 12.2. The lowest BCUT2D eigenvalue weighted by Crippen LogP contribution is -2.13. The van der Waals surface area contributed by atoms with E-state index in [1.807, 2.05) is 12.1 Å². The van der Waals surface area contributed by atoms with Gasteiger partial charge >= 0.3 is 0 Å². The molecule has 3 rings (SSSR count). The van der Waals surface area contributed by atoms with E-state index in [4.69, 9.17) is 0 Å². The zero-order chi connectivity index (χ0) is 14.8. The second-order valence-electron chi connectivity index (χ2n) is 4.40. The summed E-state index contributed by atoms with van der Waals surface area (Å²) in [6.07, 6.45) is 1.41. The fraction of sp³-hybridized carbons (Fsp3) is 0. The number of amides is 1. The van der Waals surface area contributed by atoms with Crippen molar-refractivity contribution in [1.29, 1.82) is 0 Å². The molecule has 1 aliphatic rings. The summed E-state index contributed by atoms with van der Waals surface area (Å²) in [5.74, 6) is -0.182. The first kappa shape index (κ1) is 13.5. The number of phenols is 1. The van der Waals surface area contributed by atoms with Crippen LogP contribution in [-0.2, 0) is 4.79 Å². The number of benzene rings is 2. The van der Waals surface area contributed by atoms with Gasteiger partial charge in [-0.1, -0.05) is 28.1 Å². The van der Waals surface area contributed by atoms with Gasteiger partial charge in [0, 0.05) is 15.6 Å². The average Bonchev–Trinajstić information content (AvgIpc) is 2.77. The van der Waals surface area contributed by atoms with Gasteiger partial charge in [-0.15, -0.1) is 5.10 Å². The van der Waals surface area contributed by atoms with E-state index in [1.54, 1.807) is 30.3 Å². The van der Waals surface area contributed by atoms with Crippen LogP contribution in [0.3, 0.4) is 0 Å². The van der Waals surface area contributed by atoms with Crippen LogP contribution in [0.4, 0.5) is 5.69 Å². The summed E-state index contributed by atoms with van der Waals surface area (Å²) in [4.78, 5) is 11.9. The molecule has 0 fully saturated rings. The third kappa shape index (κ3) is 2.71. The minimum Gasteiger partial charge on any atom is -0.507 e. The van der Waals surface area contributed by atoms with Crippen molar-refractivity contribution >= 4 is 39.5 Å². The lowest BCUT2D eigenvalue weighted by Gasteiger charge is -1.97. The standard InChI is InChI=1S/C15H10BrN3O2/c16-10-5-6-12-11(7-10)14(15(21)18-12)19-17-8-9-3-1-2-4-13(9)20/h1-8,20H,(H,18,19,21)/b17-8+. The van der Waals surface area contributed by atoms with Crippen molar-refractivity contribution in [3.63, 3.8) is 0 Å². The summed E-state index contributed by atoms with van der Waals surface area (Å²) >= 11 is 3.36. The van der Waals surface area contributed by atoms with Gasteiger partial charge < -0.3 is 10.4 Å². The van der Waals surface area contributed by atoms with Crippen LogP contribution in [-0.4, -0.2) is 22.9 Å². The van der Waals surface area contributed by atoms with E-state index in [-0.39, 0.29) is 17.4 Å². The largest absolute Gasteiger partial charge is 0.507 e. The number of carbonyl (C=O) groups is 1. The van der Waals surface area contributed by atoms with Crippen molar-refractivity contribution in [2.75, 3.05) is 5.32 Å². The second-order valence-corrected chi connectivity index (χ2v) is 5.31. The number of nitrogens with zero attached hydrogens (tertiary/aromatic N) is 2. The quantitative estimate of drug-likeness (QED) is 0.649. The number of anilines is 1. The molecule has 2 N–H and O–H groups in total. The van der Waals surface area contributed by atoms with E-state index < -0.39 is 0 Å². The topological polar surface area (TPSA) is 74.0 Å². The summed E-state index contributed by atoms with van der Waals surface area (Å²) in [7, 11) is 0. The Labute approximate surface area is 129 Å². The van der Waals surface area contributed by atoms with Crippen LogP contribution in [0.1, 0.15) is 11.1 Å². The number of nitrogens with one attached hydrogen (secondary N) is 1. The van der Waals surface area contributed by atoms with E-state index in [2.05, 4.69) is 31.4 Å². The summed E-state index contributed by atoms with van der Waals surface area (Å²) in [5, 5.41) is 20.2. The molecule has 0 spiro atoms. The van der Waals surface area contributed by atoms with E-state index >= 15 is 0 Å². The summed E-state index contributed by atoms with van der Waals surface area (Å²) in [6.45, 7) is 0. The molecule has 2 aromatic rings. The Morgan fingerprint density at radius 1 is 1.19 bits per heavy atom. The maximum absolute atomic E-state index is 11.9. The predicted octanol–water partition coefficient (Wildman–Crippen LogP) is 2.93. The first-order valence-corrected chi connectivity index (χ1v) is 6.95. The molecule has 2 aromatic carbocycles. The number of phenolic OH excluding ortho intramolecular Hbond substituents is 1. The highest BCUT2D eigenvalue weighted by molar-refractivity contribution is 9.10. The van der Waals surface area contributed by atoms with Crippen molar-refractivity contribution < 1.29 is 9.90 Å². The average molecular weight is 344 g/mol. The molecule has 0 unspecified atom stereocenters. The number of para-hydroxylation sites is 1. The van der Waals surface area contributed by atoms with Crippen LogP contribution in [0.25, 0.3) is 0 Å². The highest BCUT2D eigenvalue weighted by Crippen LogP contribution is 2.26. The Hall–Kier alpha value is -2.47. The summed E-state index contributed by atoms with van der Waals surface area (Å²) in [5.41, 5.74) is 2.19. The van der Waals surface area contributed by atoms with Gasteiger partial charge in [0.05, 0.1) is 11.9 Å². The van der Waals surface area contributed by atoms with Crippen LogP contribution < -0.4 is 5.32 Å². The number of carbonyl (C=O) groups excluding carboxylic acids is 1. The number of rotatable bonds is 2. The Balaban J connectivity index is 1.93. The number of halogens is 1. The molecule has 0 radical (unpaired) electrons. The van der Waals surface area contributed by atoms with Gasteiger partial charge in [0.2, 0.25) is 0 Å². The van der Waals surface area contributed by atoms with Crippen LogP contribution >= 0.6 is 15.9 Å². The van der Waals surface area contributed by atoms with Crippen LogP contribution in [0.2, 0.25) is 0 Å². The molecule has 1 amide bonds. The molecule has 6 heteroatoms. The van der Waals surface area contributed by atoms with Crippen LogP contribution in [0.5, 0.6) is 5.75 Å². The molecule has 0 saturated carbocycles. The molecule has 1 heterocycles. The van der Waals surface area contributed by atoms with Crippen molar-refractivity contribution in [3.8, 4) is 5.75 Å². The molecular weight excluding hydrogens is 334 g/mol. The van der Waals surface area contributed by atoms with Crippen molar-refractivity contribution in [2.24, 2.45) is 10.2 Å². The zero-order valence-corrected chi connectivity index (χ0v) is 12.3. The number of aromatic hydroxyl groups is 1. The van der Waals surface area contributed by atoms with E-state index in [9.17, 15) is 9.90 Å². The SMILES string of the molecule is O=C1Nc2ccc(Br)cc2/C1=N/N=C/c1ccccc1O. The first-order chi connectivity index (χ1) is 10.1. The highest BCUT2D eigenvalue weighted by Gasteiger charge is 2.26. The van der Waals surface area contributed by atoms with Gasteiger partial charge in [-0.2, -0.15) is 5.10 Å². The van der Waals surface area contributed by atoms with E-state index in [0.717, 1.165) is 4.47 Å². The molecule has 0 atom stereocenters. The molecule has 0 aromatic heterocycles. The zero-order valence-electron chi connectivity index (χ0n) is 10.7. The fourth-order valence-corrected chi connectivity index (χ4v) is 2.33. The number of hydrogen-bond acceptors (Lipinski definition) is 4. The predicted molar refractivity (Wildman–Crippen MR) is 85.0 cm³/mol. The van der Waals surface area contributed by atoms with Gasteiger partial charge in [0.15, 0.2) is 5.71 Å². The summed E-state index contributed by atoms with van der Waals surface area (Å²) < 4.78 is 0.857. The lowest BCUT2D eigenvalue weighted by molar-refractivity contribution is -0.110. The van der Waals surface area contributed by atoms with Gasteiger partial charge in [-0.05, 0) is 30.3 Å². The molecule has 104 valence electrons. The van der Waals surface area contributed by atoms with E-state index in [1.165, 1.54) is 6.21 Å². The van der Waals surface area contributed by atoms with Crippen molar-refractivity contribution in [1.82, 2.24) is 0 Å². The monoisotopic (exact) mass is 343 g/mol. The minimum atomic E-state index is -0.294.